The first kappa shape index (κ1) is 14.5. The van der Waals surface area contributed by atoms with E-state index in [-0.39, 0.29) is 5.92 Å². The third-order valence-electron chi connectivity index (χ3n) is 3.77. The molecule has 3 atom stereocenters. The van der Waals surface area contributed by atoms with Gasteiger partial charge in [0.2, 0.25) is 0 Å². The zero-order chi connectivity index (χ0) is 13.0. The van der Waals surface area contributed by atoms with Gasteiger partial charge in [0.15, 0.2) is 6.10 Å². The van der Waals surface area contributed by atoms with Crippen LogP contribution in [0.15, 0.2) is 0 Å². The van der Waals surface area contributed by atoms with Gasteiger partial charge in [0, 0.05) is 0 Å². The molecular formula is C13H24O4. The summed E-state index contributed by atoms with van der Waals surface area (Å²) in [5.41, 5.74) is 0. The third kappa shape index (κ3) is 4.28. The predicted octanol–water partition coefficient (Wildman–Crippen LogP) is 2.05. The third-order valence-corrected chi connectivity index (χ3v) is 3.77. The molecule has 1 rings (SSSR count). The molecule has 1 aliphatic rings. The Labute approximate surface area is 103 Å². The summed E-state index contributed by atoms with van der Waals surface area (Å²) in [7, 11) is 0. The van der Waals surface area contributed by atoms with E-state index in [0.717, 1.165) is 25.7 Å². The van der Waals surface area contributed by atoms with Crippen LogP contribution in [-0.4, -0.2) is 34.5 Å². The Morgan fingerprint density at radius 2 is 1.76 bits per heavy atom. The van der Waals surface area contributed by atoms with Gasteiger partial charge >= 0.3 is 5.97 Å². The van der Waals surface area contributed by atoms with E-state index in [2.05, 4.69) is 6.92 Å². The molecule has 0 radical (unpaired) electrons. The van der Waals surface area contributed by atoms with Crippen LogP contribution < -0.4 is 0 Å². The number of aliphatic hydroxyl groups excluding tert-OH is 1. The summed E-state index contributed by atoms with van der Waals surface area (Å²) >= 11 is 0. The number of carbonyl (C=O) groups is 1. The Hall–Kier alpha value is -0.610. The summed E-state index contributed by atoms with van der Waals surface area (Å²) in [6, 6.07) is 0. The molecule has 0 saturated heterocycles. The molecule has 0 heterocycles. The van der Waals surface area contributed by atoms with Crippen LogP contribution in [0, 0.1) is 11.8 Å². The van der Waals surface area contributed by atoms with E-state index in [1.54, 1.807) is 13.8 Å². The first-order valence-electron chi connectivity index (χ1n) is 6.48. The maximum atomic E-state index is 11.2. The van der Waals surface area contributed by atoms with Crippen molar-refractivity contribution in [1.82, 2.24) is 0 Å². The molecule has 100 valence electrons. The fraction of sp³-hybridized carbons (Fsp3) is 0.923. The predicted molar refractivity (Wildman–Crippen MR) is 64.8 cm³/mol. The van der Waals surface area contributed by atoms with Gasteiger partial charge in [0.1, 0.15) is 0 Å². The van der Waals surface area contributed by atoms with Crippen LogP contribution in [-0.2, 0) is 9.53 Å². The molecule has 0 amide bonds. The van der Waals surface area contributed by atoms with Crippen molar-refractivity contribution >= 4 is 5.97 Å². The summed E-state index contributed by atoms with van der Waals surface area (Å²) in [4.78, 5) is 11.2. The van der Waals surface area contributed by atoms with Crippen molar-refractivity contribution in [2.24, 2.45) is 11.8 Å². The van der Waals surface area contributed by atoms with Gasteiger partial charge in [-0.2, -0.15) is 0 Å². The monoisotopic (exact) mass is 244 g/mol. The van der Waals surface area contributed by atoms with E-state index in [1.807, 2.05) is 0 Å². The van der Waals surface area contributed by atoms with Gasteiger partial charge in [0.25, 0.3) is 0 Å². The van der Waals surface area contributed by atoms with E-state index < -0.39 is 24.3 Å². The molecule has 1 saturated carbocycles. The SMILES string of the molecule is CC1CCC(C(OC(C)C(C)O)C(=O)O)CC1. The topological polar surface area (TPSA) is 66.8 Å². The number of carboxylic acids is 1. The second-order valence-electron chi connectivity index (χ2n) is 5.36. The van der Waals surface area contributed by atoms with E-state index >= 15 is 0 Å². The van der Waals surface area contributed by atoms with Gasteiger partial charge in [0.05, 0.1) is 12.2 Å². The van der Waals surface area contributed by atoms with Crippen LogP contribution in [0.1, 0.15) is 46.5 Å². The van der Waals surface area contributed by atoms with Gasteiger partial charge in [-0.25, -0.2) is 4.79 Å². The highest BCUT2D eigenvalue weighted by Gasteiger charge is 2.33. The molecule has 3 unspecified atom stereocenters. The molecule has 1 aliphatic carbocycles. The Bertz CT molecular complexity index is 244. The number of ether oxygens (including phenoxy) is 1. The summed E-state index contributed by atoms with van der Waals surface area (Å²) in [5, 5.41) is 18.6. The molecule has 1 fully saturated rings. The standard InChI is InChI=1S/C13H24O4/c1-8-4-6-11(7-5-8)12(13(15)16)17-10(3)9(2)14/h8-12,14H,4-7H2,1-3H3,(H,15,16). The average molecular weight is 244 g/mol. The van der Waals surface area contributed by atoms with Crippen LogP contribution >= 0.6 is 0 Å². The normalized spacial score (nSPS) is 30.6. The largest absolute Gasteiger partial charge is 0.479 e. The molecule has 0 aliphatic heterocycles. The lowest BCUT2D eigenvalue weighted by Crippen LogP contribution is -2.39. The maximum Gasteiger partial charge on any atom is 0.333 e. The minimum atomic E-state index is -0.906. The molecule has 2 N–H and O–H groups in total. The van der Waals surface area contributed by atoms with Gasteiger partial charge < -0.3 is 14.9 Å². The highest BCUT2D eigenvalue weighted by atomic mass is 16.5. The quantitative estimate of drug-likeness (QED) is 0.776. The first-order chi connectivity index (χ1) is 7.91. The Morgan fingerprint density at radius 1 is 1.24 bits per heavy atom. The van der Waals surface area contributed by atoms with Crippen molar-refractivity contribution in [3.05, 3.63) is 0 Å². The van der Waals surface area contributed by atoms with Crippen molar-refractivity contribution in [3.63, 3.8) is 0 Å². The van der Waals surface area contributed by atoms with Crippen LogP contribution in [0.25, 0.3) is 0 Å². The highest BCUT2D eigenvalue weighted by Crippen LogP contribution is 2.32. The lowest BCUT2D eigenvalue weighted by atomic mass is 9.80. The molecule has 0 aromatic rings. The second kappa shape index (κ2) is 6.36. The zero-order valence-electron chi connectivity index (χ0n) is 10.9. The van der Waals surface area contributed by atoms with Crippen LogP contribution in [0.3, 0.4) is 0 Å². The number of hydrogen-bond donors (Lipinski definition) is 2. The molecule has 4 nitrogen and oxygen atoms in total. The molecule has 4 heteroatoms. The number of rotatable bonds is 5. The van der Waals surface area contributed by atoms with Crippen molar-refractivity contribution in [1.29, 1.82) is 0 Å². The molecule has 0 bridgehead atoms. The van der Waals surface area contributed by atoms with Gasteiger partial charge in [-0.3, -0.25) is 0 Å². The second-order valence-corrected chi connectivity index (χ2v) is 5.36. The number of carboxylic acid groups (broad SMARTS) is 1. The fourth-order valence-electron chi connectivity index (χ4n) is 2.30. The summed E-state index contributed by atoms with van der Waals surface area (Å²) < 4.78 is 5.50. The number of aliphatic hydroxyl groups is 1. The molecular weight excluding hydrogens is 220 g/mol. The average Bonchev–Trinajstić information content (AvgIpc) is 2.26. The van der Waals surface area contributed by atoms with E-state index in [1.165, 1.54) is 0 Å². The van der Waals surface area contributed by atoms with Crippen molar-refractivity contribution in [3.8, 4) is 0 Å². The Kier molecular flexibility index (Phi) is 5.40. The molecule has 17 heavy (non-hydrogen) atoms. The van der Waals surface area contributed by atoms with E-state index in [4.69, 9.17) is 4.74 Å². The summed E-state index contributed by atoms with van der Waals surface area (Å²) in [6.45, 7) is 5.53. The van der Waals surface area contributed by atoms with Gasteiger partial charge in [-0.15, -0.1) is 0 Å². The van der Waals surface area contributed by atoms with E-state index in [9.17, 15) is 15.0 Å². The van der Waals surface area contributed by atoms with Crippen LogP contribution in [0.4, 0.5) is 0 Å². The van der Waals surface area contributed by atoms with Crippen molar-refractivity contribution in [2.45, 2.75) is 64.8 Å². The smallest absolute Gasteiger partial charge is 0.333 e. The van der Waals surface area contributed by atoms with Crippen LogP contribution in [0.2, 0.25) is 0 Å². The minimum Gasteiger partial charge on any atom is -0.479 e. The number of hydrogen-bond acceptors (Lipinski definition) is 3. The maximum absolute atomic E-state index is 11.2. The highest BCUT2D eigenvalue weighted by molar-refractivity contribution is 5.72. The summed E-state index contributed by atoms with van der Waals surface area (Å²) in [5.74, 6) is -0.128. The zero-order valence-corrected chi connectivity index (χ0v) is 10.9. The summed E-state index contributed by atoms with van der Waals surface area (Å²) in [6.07, 6.45) is 2.11. The molecule has 0 aromatic heterocycles. The van der Waals surface area contributed by atoms with E-state index in [0.29, 0.717) is 5.92 Å². The lowest BCUT2D eigenvalue weighted by Gasteiger charge is -2.32. The molecule has 0 aromatic carbocycles. The Morgan fingerprint density at radius 3 is 2.18 bits per heavy atom. The Balaban J connectivity index is 2.57. The van der Waals surface area contributed by atoms with Crippen molar-refractivity contribution < 1.29 is 19.7 Å². The van der Waals surface area contributed by atoms with Crippen molar-refractivity contribution in [2.75, 3.05) is 0 Å². The van der Waals surface area contributed by atoms with Crippen LogP contribution in [0.5, 0.6) is 0 Å². The minimum absolute atomic E-state index is 0.0879. The lowest BCUT2D eigenvalue weighted by molar-refractivity contribution is -0.164. The first-order valence-corrected chi connectivity index (χ1v) is 6.48. The molecule has 0 spiro atoms. The van der Waals surface area contributed by atoms with Gasteiger partial charge in [-0.05, 0) is 38.5 Å². The fourth-order valence-corrected chi connectivity index (χ4v) is 2.30. The van der Waals surface area contributed by atoms with Gasteiger partial charge in [-0.1, -0.05) is 19.8 Å². The number of aliphatic carboxylic acids is 1.